The van der Waals surface area contributed by atoms with Crippen molar-refractivity contribution in [2.45, 2.75) is 24.3 Å². The molecule has 0 N–H and O–H groups in total. The lowest BCUT2D eigenvalue weighted by atomic mass is 10.0. The second kappa shape index (κ2) is 7.15. The van der Waals surface area contributed by atoms with Gasteiger partial charge in [0.2, 0.25) is 5.78 Å². The van der Waals surface area contributed by atoms with E-state index in [2.05, 4.69) is 0 Å². The maximum Gasteiger partial charge on any atom is 0.203 e. The minimum atomic E-state index is -0.433. The first-order valence-electron chi connectivity index (χ1n) is 6.64. The monoisotopic (exact) mass is 286 g/mol. The molecule has 0 heterocycles. The maximum absolute atomic E-state index is 12.4. The third-order valence-corrected chi connectivity index (χ3v) is 3.80. The van der Waals surface area contributed by atoms with Crippen LogP contribution in [-0.4, -0.2) is 18.1 Å². The zero-order valence-corrected chi connectivity index (χ0v) is 12.5. The van der Waals surface area contributed by atoms with Gasteiger partial charge in [-0.2, -0.15) is 0 Å². The van der Waals surface area contributed by atoms with E-state index in [-0.39, 0.29) is 5.78 Å². The van der Waals surface area contributed by atoms with Crippen LogP contribution >= 0.6 is 11.8 Å². The zero-order valence-electron chi connectivity index (χ0n) is 11.7. The van der Waals surface area contributed by atoms with Crippen molar-refractivity contribution in [2.75, 3.05) is 6.26 Å². The molecule has 0 bridgehead atoms. The predicted octanol–water partition coefficient (Wildman–Crippen LogP) is 4.45. The van der Waals surface area contributed by atoms with Crippen LogP contribution in [-0.2, 0) is 0 Å². The lowest BCUT2D eigenvalue weighted by Crippen LogP contribution is -2.26. The number of carbonyl (C=O) groups is 1. The molecule has 2 aromatic rings. The summed E-state index contributed by atoms with van der Waals surface area (Å²) in [7, 11) is 0. The Morgan fingerprint density at radius 2 is 1.75 bits per heavy atom. The molecule has 0 saturated carbocycles. The lowest BCUT2D eigenvalue weighted by molar-refractivity contribution is 0.0786. The van der Waals surface area contributed by atoms with Crippen molar-refractivity contribution in [3.05, 3.63) is 60.2 Å². The van der Waals surface area contributed by atoms with E-state index in [1.165, 1.54) is 4.90 Å². The van der Waals surface area contributed by atoms with E-state index in [0.717, 1.165) is 5.75 Å². The van der Waals surface area contributed by atoms with E-state index in [1.807, 2.05) is 67.8 Å². The van der Waals surface area contributed by atoms with Gasteiger partial charge < -0.3 is 4.74 Å². The Hall–Kier alpha value is -1.74. The molecule has 0 radical (unpaired) electrons. The molecule has 1 atom stereocenters. The highest BCUT2D eigenvalue weighted by Gasteiger charge is 2.19. The quantitative estimate of drug-likeness (QED) is 0.579. The normalized spacial score (nSPS) is 11.9. The highest BCUT2D eigenvalue weighted by molar-refractivity contribution is 7.98. The van der Waals surface area contributed by atoms with Crippen molar-refractivity contribution in [1.29, 1.82) is 0 Å². The molecule has 0 aromatic heterocycles. The molecule has 0 aliphatic heterocycles. The van der Waals surface area contributed by atoms with Crippen LogP contribution in [0.3, 0.4) is 0 Å². The van der Waals surface area contributed by atoms with Crippen molar-refractivity contribution in [2.24, 2.45) is 0 Å². The summed E-state index contributed by atoms with van der Waals surface area (Å²) in [5.41, 5.74) is 0.695. The van der Waals surface area contributed by atoms with Gasteiger partial charge in [0.1, 0.15) is 5.75 Å². The van der Waals surface area contributed by atoms with Crippen molar-refractivity contribution in [1.82, 2.24) is 0 Å². The fourth-order valence-electron chi connectivity index (χ4n) is 1.93. The third kappa shape index (κ3) is 3.64. The Labute approximate surface area is 124 Å². The van der Waals surface area contributed by atoms with Gasteiger partial charge in [-0.25, -0.2) is 0 Å². The molecule has 1 unspecified atom stereocenters. The van der Waals surface area contributed by atoms with Crippen molar-refractivity contribution in [3.8, 4) is 5.75 Å². The molecular weight excluding hydrogens is 268 g/mol. The largest absolute Gasteiger partial charge is 0.482 e. The number of carbonyl (C=O) groups excluding carboxylic acids is 1. The average molecular weight is 286 g/mol. The molecule has 0 saturated heterocycles. The summed E-state index contributed by atoms with van der Waals surface area (Å²) in [5, 5.41) is 0. The maximum atomic E-state index is 12.4. The van der Waals surface area contributed by atoms with Crippen molar-refractivity contribution < 1.29 is 9.53 Å². The average Bonchev–Trinajstić information content (AvgIpc) is 2.53. The van der Waals surface area contributed by atoms with Gasteiger partial charge in [0.15, 0.2) is 6.10 Å². The van der Waals surface area contributed by atoms with E-state index in [0.29, 0.717) is 12.0 Å². The molecule has 2 aromatic carbocycles. The van der Waals surface area contributed by atoms with Crippen LogP contribution in [0.4, 0.5) is 0 Å². The SMILES string of the molecule is CCC(Oc1ccc(SC)cc1)C(=O)c1ccccc1. The van der Waals surface area contributed by atoms with Gasteiger partial charge in [0.25, 0.3) is 0 Å². The number of ketones is 1. The number of rotatable bonds is 6. The van der Waals surface area contributed by atoms with E-state index in [9.17, 15) is 4.79 Å². The highest BCUT2D eigenvalue weighted by Crippen LogP contribution is 2.21. The Kier molecular flexibility index (Phi) is 5.24. The summed E-state index contributed by atoms with van der Waals surface area (Å²) in [5.74, 6) is 0.765. The molecule has 104 valence electrons. The minimum Gasteiger partial charge on any atom is -0.482 e. The van der Waals surface area contributed by atoms with Gasteiger partial charge in [-0.15, -0.1) is 11.8 Å². The molecule has 20 heavy (non-hydrogen) atoms. The van der Waals surface area contributed by atoms with E-state index in [1.54, 1.807) is 11.8 Å². The smallest absolute Gasteiger partial charge is 0.203 e. The first-order chi connectivity index (χ1) is 9.74. The van der Waals surface area contributed by atoms with Gasteiger partial charge in [0.05, 0.1) is 0 Å². The van der Waals surface area contributed by atoms with Crippen LogP contribution < -0.4 is 4.74 Å². The topological polar surface area (TPSA) is 26.3 Å². The van der Waals surface area contributed by atoms with Crippen LogP contribution in [0.5, 0.6) is 5.75 Å². The van der Waals surface area contributed by atoms with Crippen LogP contribution in [0.25, 0.3) is 0 Å². The summed E-state index contributed by atoms with van der Waals surface area (Å²) < 4.78 is 5.82. The molecule has 0 fully saturated rings. The van der Waals surface area contributed by atoms with Crippen LogP contribution in [0.15, 0.2) is 59.5 Å². The number of benzene rings is 2. The first-order valence-corrected chi connectivity index (χ1v) is 7.87. The molecule has 0 spiro atoms. The fourth-order valence-corrected chi connectivity index (χ4v) is 2.34. The minimum absolute atomic E-state index is 0.0297. The summed E-state index contributed by atoms with van der Waals surface area (Å²) in [6, 6.07) is 17.1. The van der Waals surface area contributed by atoms with Gasteiger partial charge in [0, 0.05) is 10.5 Å². The van der Waals surface area contributed by atoms with E-state index in [4.69, 9.17) is 4.74 Å². The van der Waals surface area contributed by atoms with Gasteiger partial charge >= 0.3 is 0 Å². The summed E-state index contributed by atoms with van der Waals surface area (Å²) in [6.07, 6.45) is 2.25. The first kappa shape index (κ1) is 14.7. The molecule has 3 heteroatoms. The number of ether oxygens (including phenoxy) is 1. The Balaban J connectivity index is 2.10. The number of Topliss-reactive ketones (excluding diaryl/α,β-unsaturated/α-hetero) is 1. The van der Waals surface area contributed by atoms with Gasteiger partial charge in [-0.3, -0.25) is 4.79 Å². The van der Waals surface area contributed by atoms with Crippen molar-refractivity contribution >= 4 is 17.5 Å². The Bertz CT molecular complexity index is 549. The van der Waals surface area contributed by atoms with E-state index >= 15 is 0 Å². The standard InChI is InChI=1S/C17H18O2S/c1-3-16(17(18)13-7-5-4-6-8-13)19-14-9-11-15(20-2)12-10-14/h4-12,16H,3H2,1-2H3. The van der Waals surface area contributed by atoms with Crippen LogP contribution in [0.2, 0.25) is 0 Å². The second-order valence-electron chi connectivity index (χ2n) is 4.42. The molecular formula is C17H18O2S. The number of thioether (sulfide) groups is 1. The van der Waals surface area contributed by atoms with Gasteiger partial charge in [-0.05, 0) is 36.9 Å². The van der Waals surface area contributed by atoms with E-state index < -0.39 is 6.10 Å². The summed E-state index contributed by atoms with van der Waals surface area (Å²) >= 11 is 1.68. The fraction of sp³-hybridized carbons (Fsp3) is 0.235. The molecule has 0 amide bonds. The molecule has 2 rings (SSSR count). The van der Waals surface area contributed by atoms with Crippen molar-refractivity contribution in [3.63, 3.8) is 0 Å². The third-order valence-electron chi connectivity index (χ3n) is 3.06. The molecule has 0 aliphatic rings. The highest BCUT2D eigenvalue weighted by atomic mass is 32.2. The number of hydrogen-bond acceptors (Lipinski definition) is 3. The van der Waals surface area contributed by atoms with Crippen LogP contribution in [0.1, 0.15) is 23.7 Å². The van der Waals surface area contributed by atoms with Gasteiger partial charge in [-0.1, -0.05) is 37.3 Å². The molecule has 0 aliphatic carbocycles. The van der Waals surface area contributed by atoms with Crippen LogP contribution in [0, 0.1) is 0 Å². The zero-order chi connectivity index (χ0) is 14.4. The molecule has 2 nitrogen and oxygen atoms in total. The second-order valence-corrected chi connectivity index (χ2v) is 5.30. The Morgan fingerprint density at radius 3 is 2.30 bits per heavy atom. The summed E-state index contributed by atoms with van der Waals surface area (Å²) in [6.45, 7) is 1.96. The lowest BCUT2D eigenvalue weighted by Gasteiger charge is -2.16. The predicted molar refractivity (Wildman–Crippen MR) is 83.7 cm³/mol. The number of hydrogen-bond donors (Lipinski definition) is 0. The Morgan fingerprint density at radius 1 is 1.10 bits per heavy atom. The summed E-state index contributed by atoms with van der Waals surface area (Å²) in [4.78, 5) is 13.6.